The van der Waals surface area contributed by atoms with E-state index in [9.17, 15) is 0 Å². The Morgan fingerprint density at radius 3 is 3.31 bits per heavy atom. The van der Waals surface area contributed by atoms with Gasteiger partial charge in [-0.05, 0) is 12.1 Å². The van der Waals surface area contributed by atoms with Crippen LogP contribution in [0.4, 0.5) is 5.69 Å². The van der Waals surface area contributed by atoms with E-state index in [0.29, 0.717) is 6.04 Å². The molecule has 0 radical (unpaired) electrons. The molecule has 1 N–H and O–H groups in total. The maximum atomic E-state index is 5.99. The maximum Gasteiger partial charge on any atom is 0.144 e. The lowest BCUT2D eigenvalue weighted by atomic mass is 10.1. The number of hydrogen-bond acceptors (Lipinski definition) is 3. The van der Waals surface area contributed by atoms with E-state index in [2.05, 4.69) is 16.3 Å². The van der Waals surface area contributed by atoms with Crippen LogP contribution in [-0.2, 0) is 0 Å². The van der Waals surface area contributed by atoms with Gasteiger partial charge in [0.2, 0.25) is 0 Å². The van der Waals surface area contributed by atoms with Crippen LogP contribution >= 0.6 is 11.6 Å². The molecule has 1 saturated heterocycles. The van der Waals surface area contributed by atoms with Crippen molar-refractivity contribution in [3.63, 3.8) is 0 Å². The summed E-state index contributed by atoms with van der Waals surface area (Å²) in [5.74, 6) is 0.928. The third-order valence-electron chi connectivity index (χ3n) is 3.29. The van der Waals surface area contributed by atoms with Crippen molar-refractivity contribution in [1.82, 2.24) is 5.32 Å². The highest BCUT2D eigenvalue weighted by Gasteiger charge is 2.27. The lowest BCUT2D eigenvalue weighted by Crippen LogP contribution is -2.51. The van der Waals surface area contributed by atoms with Gasteiger partial charge < -0.3 is 15.0 Å². The zero-order valence-electron chi connectivity index (χ0n) is 9.08. The smallest absolute Gasteiger partial charge is 0.144 e. The van der Waals surface area contributed by atoms with Crippen molar-refractivity contribution in [3.8, 4) is 5.75 Å². The van der Waals surface area contributed by atoms with Crippen LogP contribution in [0.1, 0.15) is 6.42 Å². The molecule has 0 bridgehead atoms. The summed E-state index contributed by atoms with van der Waals surface area (Å²) in [6.07, 6.45) is 1.07. The lowest BCUT2D eigenvalue weighted by Gasteiger charge is -2.36. The summed E-state index contributed by atoms with van der Waals surface area (Å²) in [7, 11) is 0. The second-order valence-corrected chi connectivity index (χ2v) is 4.74. The average Bonchev–Trinajstić information content (AvgIpc) is 2.47. The predicted octanol–water partition coefficient (Wildman–Crippen LogP) is 1.90. The Morgan fingerprint density at radius 2 is 2.38 bits per heavy atom. The van der Waals surface area contributed by atoms with Crippen LogP contribution in [0.3, 0.4) is 0 Å². The van der Waals surface area contributed by atoms with Gasteiger partial charge in [-0.3, -0.25) is 0 Å². The fraction of sp³-hybridized carbons (Fsp3) is 0.500. The number of hydrogen-bond donors (Lipinski definition) is 1. The largest absolute Gasteiger partial charge is 0.491 e. The summed E-state index contributed by atoms with van der Waals surface area (Å²) < 4.78 is 5.77. The summed E-state index contributed by atoms with van der Waals surface area (Å²) in [5.41, 5.74) is 1.19. The minimum atomic E-state index is 0.552. The topological polar surface area (TPSA) is 24.5 Å². The Morgan fingerprint density at radius 1 is 1.44 bits per heavy atom. The number of fused-ring (bicyclic) bond motifs is 3. The standard InChI is InChI=1S/C12H15ClN2O/c13-9-1-2-11-12(7-9)16-6-3-10-8-14-4-5-15(10)11/h1-2,7,10,14H,3-6,8H2/t10-/m0/s1. The molecule has 2 heterocycles. The number of benzene rings is 1. The highest BCUT2D eigenvalue weighted by molar-refractivity contribution is 6.30. The molecule has 16 heavy (non-hydrogen) atoms. The minimum Gasteiger partial charge on any atom is -0.491 e. The number of piperazine rings is 1. The molecule has 2 aliphatic rings. The van der Waals surface area contributed by atoms with Crippen LogP contribution in [0, 0.1) is 0 Å². The quantitative estimate of drug-likeness (QED) is 0.747. The summed E-state index contributed by atoms with van der Waals surface area (Å²) in [5, 5.41) is 4.17. The highest BCUT2D eigenvalue weighted by Crippen LogP contribution is 2.35. The van der Waals surface area contributed by atoms with Gasteiger partial charge in [-0.1, -0.05) is 11.6 Å². The van der Waals surface area contributed by atoms with Gasteiger partial charge >= 0.3 is 0 Å². The molecule has 1 atom stereocenters. The molecular weight excluding hydrogens is 224 g/mol. The lowest BCUT2D eigenvalue weighted by molar-refractivity contribution is 0.304. The van der Waals surface area contributed by atoms with Crippen LogP contribution < -0.4 is 15.0 Å². The van der Waals surface area contributed by atoms with Gasteiger partial charge in [0.15, 0.2) is 0 Å². The number of rotatable bonds is 0. The molecule has 86 valence electrons. The summed E-state index contributed by atoms with van der Waals surface area (Å²) in [4.78, 5) is 2.44. The molecule has 0 amide bonds. The Labute approximate surface area is 100 Å². The van der Waals surface area contributed by atoms with Crippen LogP contribution in [0.25, 0.3) is 0 Å². The van der Waals surface area contributed by atoms with Gasteiger partial charge in [-0.25, -0.2) is 0 Å². The summed E-state index contributed by atoms with van der Waals surface area (Å²) >= 11 is 5.99. The van der Waals surface area contributed by atoms with Gasteiger partial charge in [-0.15, -0.1) is 0 Å². The van der Waals surface area contributed by atoms with Gasteiger partial charge in [0.05, 0.1) is 12.3 Å². The molecule has 1 fully saturated rings. The molecule has 1 aromatic carbocycles. The average molecular weight is 239 g/mol. The van der Waals surface area contributed by atoms with Crippen molar-refractivity contribution in [2.24, 2.45) is 0 Å². The Kier molecular flexibility index (Phi) is 2.65. The molecule has 0 saturated carbocycles. The van der Waals surface area contributed by atoms with Crippen molar-refractivity contribution < 1.29 is 4.74 Å². The summed E-state index contributed by atoms with van der Waals surface area (Å²) in [6.45, 7) is 3.91. The van der Waals surface area contributed by atoms with Crippen molar-refractivity contribution in [2.45, 2.75) is 12.5 Å². The molecular formula is C12H15ClN2O. The number of nitrogens with zero attached hydrogens (tertiary/aromatic N) is 1. The Hall–Kier alpha value is -0.930. The molecule has 0 aromatic heterocycles. The van der Waals surface area contributed by atoms with E-state index in [1.807, 2.05) is 12.1 Å². The second-order valence-electron chi connectivity index (χ2n) is 4.30. The van der Waals surface area contributed by atoms with E-state index in [1.165, 1.54) is 5.69 Å². The van der Waals surface area contributed by atoms with Crippen molar-refractivity contribution >= 4 is 17.3 Å². The molecule has 1 aromatic rings. The number of nitrogens with one attached hydrogen (secondary N) is 1. The first-order valence-electron chi connectivity index (χ1n) is 5.74. The monoisotopic (exact) mass is 238 g/mol. The van der Waals surface area contributed by atoms with Gasteiger partial charge in [0, 0.05) is 43.2 Å². The number of ether oxygens (including phenoxy) is 1. The van der Waals surface area contributed by atoms with E-state index in [0.717, 1.165) is 43.4 Å². The zero-order valence-corrected chi connectivity index (χ0v) is 9.83. The zero-order chi connectivity index (χ0) is 11.0. The maximum absolute atomic E-state index is 5.99. The first-order valence-corrected chi connectivity index (χ1v) is 6.12. The third kappa shape index (κ3) is 1.74. The molecule has 0 aliphatic carbocycles. The molecule has 3 nitrogen and oxygen atoms in total. The fourth-order valence-corrected chi connectivity index (χ4v) is 2.64. The van der Waals surface area contributed by atoms with E-state index >= 15 is 0 Å². The summed E-state index contributed by atoms with van der Waals surface area (Å²) in [6, 6.07) is 6.48. The highest BCUT2D eigenvalue weighted by atomic mass is 35.5. The van der Waals surface area contributed by atoms with Crippen LogP contribution in [0.15, 0.2) is 18.2 Å². The first-order chi connectivity index (χ1) is 7.84. The predicted molar refractivity (Wildman–Crippen MR) is 65.6 cm³/mol. The Balaban J connectivity index is 2.00. The van der Waals surface area contributed by atoms with Crippen molar-refractivity contribution in [2.75, 3.05) is 31.1 Å². The van der Waals surface area contributed by atoms with Crippen LogP contribution in [-0.4, -0.2) is 32.3 Å². The molecule has 4 heteroatoms. The number of anilines is 1. The molecule has 3 rings (SSSR count). The van der Waals surface area contributed by atoms with Crippen molar-refractivity contribution in [3.05, 3.63) is 23.2 Å². The normalized spacial score (nSPS) is 24.1. The van der Waals surface area contributed by atoms with Gasteiger partial charge in [-0.2, -0.15) is 0 Å². The van der Waals surface area contributed by atoms with E-state index < -0.39 is 0 Å². The van der Waals surface area contributed by atoms with Crippen molar-refractivity contribution in [1.29, 1.82) is 0 Å². The third-order valence-corrected chi connectivity index (χ3v) is 3.53. The molecule has 0 unspecified atom stereocenters. The second kappa shape index (κ2) is 4.15. The van der Waals surface area contributed by atoms with Crippen LogP contribution in [0.5, 0.6) is 5.75 Å². The van der Waals surface area contributed by atoms with E-state index in [4.69, 9.17) is 16.3 Å². The Bertz CT molecular complexity index is 397. The van der Waals surface area contributed by atoms with Gasteiger partial charge in [0.25, 0.3) is 0 Å². The van der Waals surface area contributed by atoms with Crippen LogP contribution in [0.2, 0.25) is 5.02 Å². The fourth-order valence-electron chi connectivity index (χ4n) is 2.48. The SMILES string of the molecule is Clc1ccc2c(c1)OCC[C@H]1CNCCN21. The minimum absolute atomic E-state index is 0.552. The van der Waals surface area contributed by atoms with E-state index in [1.54, 1.807) is 0 Å². The molecule has 0 spiro atoms. The first kappa shape index (κ1) is 10.2. The van der Waals surface area contributed by atoms with Gasteiger partial charge in [0.1, 0.15) is 5.75 Å². The van der Waals surface area contributed by atoms with E-state index in [-0.39, 0.29) is 0 Å². The number of halogens is 1. The molecule has 2 aliphatic heterocycles.